The number of aryl methyl sites for hydroxylation is 1. The van der Waals surface area contributed by atoms with Crippen LogP contribution in [0.15, 0.2) is 42.6 Å². The van der Waals surface area contributed by atoms with Gasteiger partial charge in [-0.25, -0.2) is 9.67 Å². The van der Waals surface area contributed by atoms with Gasteiger partial charge < -0.3 is 10.0 Å². The number of hydrogen-bond donors (Lipinski definition) is 1. The number of aliphatic hydroxyl groups is 1. The summed E-state index contributed by atoms with van der Waals surface area (Å²) in [5.41, 5.74) is 3.21. The van der Waals surface area contributed by atoms with E-state index in [1.165, 1.54) is 0 Å². The summed E-state index contributed by atoms with van der Waals surface area (Å²) in [5, 5.41) is 15.8. The topological polar surface area (TPSA) is 74.5 Å². The number of β-amino-alcohol motifs (C(OH)–C–C–N with tert-alkyl or cyclic N) is 1. The van der Waals surface area contributed by atoms with Crippen LogP contribution in [0.3, 0.4) is 0 Å². The average Bonchev–Trinajstić information content (AvgIpc) is 3.22. The highest BCUT2D eigenvalue weighted by atomic mass is 16.3. The Morgan fingerprint density at radius 3 is 2.55 bits per heavy atom. The molecule has 3 aromatic rings. The first-order chi connectivity index (χ1) is 15.0. The molecule has 4 rings (SSSR count). The highest BCUT2D eigenvalue weighted by Crippen LogP contribution is 2.24. The predicted octanol–water partition coefficient (Wildman–Crippen LogP) is 3.20. The largest absolute Gasteiger partial charge is 0.387 e. The maximum Gasteiger partial charge on any atom is 0.254 e. The molecule has 7 nitrogen and oxygen atoms in total. The molecule has 2 atom stereocenters. The number of hydrogen-bond acceptors (Lipinski definition) is 5. The molecule has 0 aliphatic carbocycles. The summed E-state index contributed by atoms with van der Waals surface area (Å²) in [6.07, 6.45) is 2.21. The summed E-state index contributed by atoms with van der Waals surface area (Å²) >= 11 is 0. The van der Waals surface area contributed by atoms with Gasteiger partial charge in [0.25, 0.3) is 5.91 Å². The van der Waals surface area contributed by atoms with Gasteiger partial charge in [-0.15, -0.1) is 0 Å². The van der Waals surface area contributed by atoms with E-state index in [1.54, 1.807) is 6.20 Å². The number of benzene rings is 1. The third-order valence-electron chi connectivity index (χ3n) is 6.21. The lowest BCUT2D eigenvalue weighted by atomic mass is 10.1. The van der Waals surface area contributed by atoms with Crippen molar-refractivity contribution in [2.24, 2.45) is 0 Å². The van der Waals surface area contributed by atoms with E-state index in [4.69, 9.17) is 0 Å². The van der Waals surface area contributed by atoms with Gasteiger partial charge in [-0.05, 0) is 31.9 Å². The molecule has 1 N–H and O–H groups in total. The van der Waals surface area contributed by atoms with E-state index in [2.05, 4.69) is 28.8 Å². The first-order valence-corrected chi connectivity index (χ1v) is 11.1. The zero-order valence-electron chi connectivity index (χ0n) is 18.5. The second-order valence-electron chi connectivity index (χ2n) is 8.41. The Hall–Kier alpha value is -2.77. The van der Waals surface area contributed by atoms with Crippen LogP contribution < -0.4 is 0 Å². The van der Waals surface area contributed by atoms with Crippen molar-refractivity contribution in [3.05, 3.63) is 59.4 Å². The van der Waals surface area contributed by atoms with E-state index in [0.717, 1.165) is 41.8 Å². The number of pyridine rings is 1. The number of rotatable bonds is 6. The zero-order valence-corrected chi connectivity index (χ0v) is 18.5. The summed E-state index contributed by atoms with van der Waals surface area (Å²) in [6, 6.07) is 11.8. The molecule has 2 unspecified atom stereocenters. The molecular weight excluding hydrogens is 390 g/mol. The molecule has 1 amide bonds. The Labute approximate surface area is 183 Å². The fourth-order valence-electron chi connectivity index (χ4n) is 4.14. The van der Waals surface area contributed by atoms with Crippen molar-refractivity contribution in [2.45, 2.75) is 39.3 Å². The van der Waals surface area contributed by atoms with Crippen molar-refractivity contribution < 1.29 is 9.90 Å². The van der Waals surface area contributed by atoms with Gasteiger partial charge in [-0.1, -0.05) is 37.3 Å². The van der Waals surface area contributed by atoms with Gasteiger partial charge in [-0.3, -0.25) is 9.69 Å². The molecule has 1 aliphatic heterocycles. The fraction of sp³-hybridized carbons (Fsp3) is 0.458. The highest BCUT2D eigenvalue weighted by molar-refractivity contribution is 6.05. The van der Waals surface area contributed by atoms with Crippen LogP contribution in [0.25, 0.3) is 11.0 Å². The molecule has 0 spiro atoms. The third-order valence-corrected chi connectivity index (χ3v) is 6.21. The Morgan fingerprint density at radius 2 is 1.87 bits per heavy atom. The summed E-state index contributed by atoms with van der Waals surface area (Å²) in [6.45, 7) is 9.50. The van der Waals surface area contributed by atoms with Crippen molar-refractivity contribution in [1.29, 1.82) is 0 Å². The number of fused-ring (bicyclic) bond motifs is 1. The minimum absolute atomic E-state index is 0.0301. The predicted molar refractivity (Wildman–Crippen MR) is 121 cm³/mol. The average molecular weight is 422 g/mol. The Kier molecular flexibility index (Phi) is 6.34. The summed E-state index contributed by atoms with van der Waals surface area (Å²) in [5.74, 6) is 0.0301. The van der Waals surface area contributed by atoms with Crippen LogP contribution in [0.5, 0.6) is 0 Å². The number of aliphatic hydroxyl groups excluding tert-OH is 1. The van der Waals surface area contributed by atoms with Crippen LogP contribution in [-0.4, -0.2) is 68.3 Å². The van der Waals surface area contributed by atoms with Crippen LogP contribution in [0.1, 0.15) is 54.0 Å². The molecule has 1 saturated heterocycles. The molecule has 164 valence electrons. The van der Waals surface area contributed by atoms with Gasteiger partial charge in [-0.2, -0.15) is 5.10 Å². The van der Waals surface area contributed by atoms with E-state index < -0.39 is 6.10 Å². The van der Waals surface area contributed by atoms with Crippen molar-refractivity contribution in [2.75, 3.05) is 32.7 Å². The molecule has 0 saturated carbocycles. The molecule has 7 heteroatoms. The number of aromatic nitrogens is 3. The lowest BCUT2D eigenvalue weighted by Gasteiger charge is -2.35. The first kappa shape index (κ1) is 21.5. The number of carbonyl (C=O) groups excluding carboxylic acids is 1. The van der Waals surface area contributed by atoms with E-state index in [1.807, 2.05) is 52.9 Å². The maximum atomic E-state index is 13.4. The summed E-state index contributed by atoms with van der Waals surface area (Å²) < 4.78 is 1.92. The second kappa shape index (κ2) is 9.16. The molecular formula is C24H31N5O2. The van der Waals surface area contributed by atoms with E-state index in [-0.39, 0.29) is 11.9 Å². The zero-order chi connectivity index (χ0) is 22.0. The maximum absolute atomic E-state index is 13.4. The lowest BCUT2D eigenvalue weighted by molar-refractivity contribution is 0.0529. The standard InChI is InChI=1S/C24H31N5O2/c1-4-18(3)29-23-21(15-25-29)20(14-17(2)26-23)24(31)28-12-10-27(11-13-28)16-22(30)19-8-6-5-7-9-19/h5-9,14-15,18,22,30H,4,10-13,16H2,1-3H3. The Bertz CT molecular complexity index is 1040. The van der Waals surface area contributed by atoms with E-state index in [9.17, 15) is 9.90 Å². The van der Waals surface area contributed by atoms with E-state index >= 15 is 0 Å². The quantitative estimate of drug-likeness (QED) is 0.662. The fourth-order valence-corrected chi connectivity index (χ4v) is 4.14. The molecule has 31 heavy (non-hydrogen) atoms. The molecule has 0 bridgehead atoms. The van der Waals surface area contributed by atoms with Crippen LogP contribution in [0.4, 0.5) is 0 Å². The van der Waals surface area contributed by atoms with Crippen molar-refractivity contribution in [3.8, 4) is 0 Å². The number of nitrogens with zero attached hydrogens (tertiary/aromatic N) is 5. The number of piperazine rings is 1. The van der Waals surface area contributed by atoms with Crippen LogP contribution in [-0.2, 0) is 0 Å². The van der Waals surface area contributed by atoms with Gasteiger partial charge in [0.2, 0.25) is 0 Å². The Balaban J connectivity index is 1.45. The van der Waals surface area contributed by atoms with Crippen molar-refractivity contribution >= 4 is 16.9 Å². The molecule has 1 fully saturated rings. The van der Waals surface area contributed by atoms with Crippen molar-refractivity contribution in [3.63, 3.8) is 0 Å². The smallest absolute Gasteiger partial charge is 0.254 e. The van der Waals surface area contributed by atoms with Crippen LogP contribution in [0.2, 0.25) is 0 Å². The number of amides is 1. The molecule has 1 aliphatic rings. The van der Waals surface area contributed by atoms with Crippen LogP contribution in [0, 0.1) is 6.92 Å². The second-order valence-corrected chi connectivity index (χ2v) is 8.41. The van der Waals surface area contributed by atoms with Crippen LogP contribution >= 0.6 is 0 Å². The number of carbonyl (C=O) groups is 1. The Morgan fingerprint density at radius 1 is 1.16 bits per heavy atom. The van der Waals surface area contributed by atoms with Gasteiger partial charge in [0.1, 0.15) is 0 Å². The summed E-state index contributed by atoms with van der Waals surface area (Å²) in [4.78, 5) is 22.1. The monoisotopic (exact) mass is 421 g/mol. The minimum Gasteiger partial charge on any atom is -0.387 e. The molecule has 2 aromatic heterocycles. The molecule has 1 aromatic carbocycles. The summed E-state index contributed by atoms with van der Waals surface area (Å²) in [7, 11) is 0. The SMILES string of the molecule is CCC(C)n1ncc2c(C(=O)N3CCN(CC(O)c4ccccc4)CC3)cc(C)nc21. The van der Waals surface area contributed by atoms with Gasteiger partial charge in [0.15, 0.2) is 5.65 Å². The minimum atomic E-state index is -0.516. The molecule has 0 radical (unpaired) electrons. The van der Waals surface area contributed by atoms with Crippen molar-refractivity contribution in [1.82, 2.24) is 24.6 Å². The third kappa shape index (κ3) is 4.48. The van der Waals surface area contributed by atoms with Gasteiger partial charge >= 0.3 is 0 Å². The first-order valence-electron chi connectivity index (χ1n) is 11.1. The van der Waals surface area contributed by atoms with Gasteiger partial charge in [0.05, 0.1) is 29.3 Å². The highest BCUT2D eigenvalue weighted by Gasteiger charge is 2.26. The van der Waals surface area contributed by atoms with Gasteiger partial charge in [0, 0.05) is 38.4 Å². The molecule has 3 heterocycles. The lowest BCUT2D eigenvalue weighted by Crippen LogP contribution is -2.49. The van der Waals surface area contributed by atoms with E-state index in [0.29, 0.717) is 25.2 Å². The normalized spacial score (nSPS) is 17.1.